The maximum absolute atomic E-state index is 11.7. The van der Waals surface area contributed by atoms with Crippen LogP contribution in [0.2, 0.25) is 0 Å². The highest BCUT2D eigenvalue weighted by Crippen LogP contribution is 2.22. The van der Waals surface area contributed by atoms with Crippen LogP contribution in [0.4, 0.5) is 0 Å². The number of carbonyl (C=O) groups excluding carboxylic acids is 1. The molecule has 0 unspecified atom stereocenters. The number of hydrogen-bond acceptors (Lipinski definition) is 5. The van der Waals surface area contributed by atoms with Crippen molar-refractivity contribution in [3.05, 3.63) is 0 Å². The summed E-state index contributed by atoms with van der Waals surface area (Å²) in [6, 6.07) is 0. The number of hydrogen-bond donors (Lipinski definition) is 1. The summed E-state index contributed by atoms with van der Waals surface area (Å²) >= 11 is 1.55. The molecule has 1 fully saturated rings. The number of thioether (sulfide) groups is 1. The molecule has 1 saturated heterocycles. The smallest absolute Gasteiger partial charge is 0.226 e. The van der Waals surface area contributed by atoms with E-state index in [0.717, 1.165) is 12.3 Å². The molecule has 0 bridgehead atoms. The van der Waals surface area contributed by atoms with Gasteiger partial charge in [0.2, 0.25) is 5.91 Å². The fraction of sp³-hybridized carbons (Fsp3) is 0.800. The highest BCUT2D eigenvalue weighted by molar-refractivity contribution is 8.14. The fourth-order valence-electron chi connectivity index (χ4n) is 1.99. The number of carbonyl (C=O) groups is 1. The second-order valence-corrected chi connectivity index (χ2v) is 7.77. The Kier molecular flexibility index (Phi) is 4.09. The Labute approximate surface area is 105 Å². The number of nitrogens with one attached hydrogen (secondary N) is 1. The van der Waals surface area contributed by atoms with Crippen LogP contribution in [-0.2, 0) is 14.6 Å². The predicted molar refractivity (Wildman–Crippen MR) is 68.9 cm³/mol. The number of rotatable bonds is 2. The van der Waals surface area contributed by atoms with E-state index in [4.69, 9.17) is 0 Å². The van der Waals surface area contributed by atoms with Gasteiger partial charge in [-0.15, -0.1) is 0 Å². The summed E-state index contributed by atoms with van der Waals surface area (Å²) in [6.07, 6.45) is 1.62. The Balaban J connectivity index is 1.76. The molecule has 0 aromatic carbocycles. The summed E-state index contributed by atoms with van der Waals surface area (Å²) in [7, 11) is -2.83. The lowest BCUT2D eigenvalue weighted by Gasteiger charge is -2.21. The van der Waals surface area contributed by atoms with Crippen molar-refractivity contribution < 1.29 is 13.2 Å². The van der Waals surface area contributed by atoms with Crippen molar-refractivity contribution in [1.29, 1.82) is 0 Å². The number of amides is 1. The third-order valence-electron chi connectivity index (χ3n) is 2.98. The highest BCUT2D eigenvalue weighted by Gasteiger charge is 2.25. The van der Waals surface area contributed by atoms with Crippen LogP contribution in [0.3, 0.4) is 0 Å². The molecular weight excluding hydrogens is 260 g/mol. The van der Waals surface area contributed by atoms with E-state index in [0.29, 0.717) is 24.4 Å². The van der Waals surface area contributed by atoms with Crippen molar-refractivity contribution in [2.75, 3.05) is 23.8 Å². The molecule has 1 amide bonds. The SMILES string of the molecule is O=C(CC1CCS(=O)(=O)CC1)NC1=NCCS1. The first-order valence-electron chi connectivity index (χ1n) is 5.73. The third kappa shape index (κ3) is 3.99. The molecule has 1 N–H and O–H groups in total. The summed E-state index contributed by atoms with van der Waals surface area (Å²) in [6.45, 7) is 0.766. The summed E-state index contributed by atoms with van der Waals surface area (Å²) < 4.78 is 22.5. The fourth-order valence-corrected chi connectivity index (χ4v) is 4.32. The molecule has 0 saturated carbocycles. The molecule has 2 heterocycles. The molecule has 7 heteroatoms. The second-order valence-electron chi connectivity index (χ2n) is 4.38. The van der Waals surface area contributed by atoms with E-state index in [1.807, 2.05) is 0 Å². The van der Waals surface area contributed by atoms with Gasteiger partial charge in [-0.3, -0.25) is 9.79 Å². The van der Waals surface area contributed by atoms with Crippen LogP contribution >= 0.6 is 11.8 Å². The van der Waals surface area contributed by atoms with Gasteiger partial charge < -0.3 is 5.32 Å². The van der Waals surface area contributed by atoms with Gasteiger partial charge in [0, 0.05) is 12.2 Å². The van der Waals surface area contributed by atoms with E-state index in [1.165, 1.54) is 0 Å². The number of nitrogens with zero attached hydrogens (tertiary/aromatic N) is 1. The van der Waals surface area contributed by atoms with Crippen LogP contribution in [0.1, 0.15) is 19.3 Å². The molecule has 0 atom stereocenters. The molecule has 2 aliphatic heterocycles. The number of amidine groups is 1. The minimum Gasteiger partial charge on any atom is -0.305 e. The average molecular weight is 276 g/mol. The zero-order valence-electron chi connectivity index (χ0n) is 9.52. The monoisotopic (exact) mass is 276 g/mol. The molecule has 0 aromatic heterocycles. The van der Waals surface area contributed by atoms with E-state index in [-0.39, 0.29) is 23.3 Å². The summed E-state index contributed by atoms with van der Waals surface area (Å²) in [4.78, 5) is 15.8. The Hall–Kier alpha value is -0.560. The van der Waals surface area contributed by atoms with Gasteiger partial charge in [0.05, 0.1) is 18.1 Å². The zero-order valence-corrected chi connectivity index (χ0v) is 11.1. The van der Waals surface area contributed by atoms with Crippen molar-refractivity contribution in [3.8, 4) is 0 Å². The van der Waals surface area contributed by atoms with Crippen molar-refractivity contribution >= 4 is 32.7 Å². The van der Waals surface area contributed by atoms with Crippen LogP contribution < -0.4 is 5.32 Å². The van der Waals surface area contributed by atoms with Gasteiger partial charge in [0.25, 0.3) is 0 Å². The first kappa shape index (κ1) is 12.9. The van der Waals surface area contributed by atoms with Gasteiger partial charge in [-0.05, 0) is 18.8 Å². The first-order chi connectivity index (χ1) is 8.05. The van der Waals surface area contributed by atoms with Gasteiger partial charge in [0.15, 0.2) is 5.17 Å². The van der Waals surface area contributed by atoms with Crippen molar-refractivity contribution in [3.63, 3.8) is 0 Å². The Bertz CT molecular complexity index is 417. The maximum Gasteiger partial charge on any atom is 0.226 e. The molecule has 0 radical (unpaired) electrons. The maximum atomic E-state index is 11.7. The minimum atomic E-state index is -2.83. The van der Waals surface area contributed by atoms with E-state index in [1.54, 1.807) is 11.8 Å². The summed E-state index contributed by atoms with van der Waals surface area (Å²) in [5.41, 5.74) is 0. The largest absolute Gasteiger partial charge is 0.305 e. The quantitative estimate of drug-likeness (QED) is 0.793. The van der Waals surface area contributed by atoms with Crippen molar-refractivity contribution in [1.82, 2.24) is 5.32 Å². The van der Waals surface area contributed by atoms with Gasteiger partial charge in [-0.25, -0.2) is 8.42 Å². The second kappa shape index (κ2) is 5.39. The van der Waals surface area contributed by atoms with Crippen LogP contribution in [0.25, 0.3) is 0 Å². The molecule has 0 aliphatic carbocycles. The number of aliphatic imine (C=N–C) groups is 1. The van der Waals surface area contributed by atoms with Crippen LogP contribution in [0.15, 0.2) is 4.99 Å². The molecule has 5 nitrogen and oxygen atoms in total. The highest BCUT2D eigenvalue weighted by atomic mass is 32.2. The van der Waals surface area contributed by atoms with Crippen molar-refractivity contribution in [2.45, 2.75) is 19.3 Å². The molecule has 96 valence electrons. The lowest BCUT2D eigenvalue weighted by atomic mass is 9.99. The van der Waals surface area contributed by atoms with Crippen LogP contribution in [0.5, 0.6) is 0 Å². The molecule has 2 aliphatic rings. The van der Waals surface area contributed by atoms with Gasteiger partial charge in [0.1, 0.15) is 9.84 Å². The molecule has 0 aromatic rings. The Morgan fingerprint density at radius 2 is 2.12 bits per heavy atom. The molecule has 0 spiro atoms. The Morgan fingerprint density at radius 1 is 1.41 bits per heavy atom. The summed E-state index contributed by atoms with van der Waals surface area (Å²) in [5.74, 6) is 1.53. The summed E-state index contributed by atoms with van der Waals surface area (Å²) in [5, 5.41) is 3.48. The lowest BCUT2D eigenvalue weighted by Crippen LogP contribution is -2.32. The zero-order chi connectivity index (χ0) is 12.3. The average Bonchev–Trinajstić information content (AvgIpc) is 2.74. The van der Waals surface area contributed by atoms with Crippen LogP contribution in [-0.4, -0.2) is 43.3 Å². The normalized spacial score (nSPS) is 24.4. The van der Waals surface area contributed by atoms with Crippen LogP contribution in [0, 0.1) is 5.92 Å². The standard InChI is InChI=1S/C10H16N2O3S2/c13-9(12-10-11-3-4-16-10)7-8-1-5-17(14,15)6-2-8/h8H,1-7H2,(H,11,12,13). The predicted octanol–water partition coefficient (Wildman–Crippen LogP) is 0.420. The molecule has 2 rings (SSSR count). The molecule has 17 heavy (non-hydrogen) atoms. The van der Waals surface area contributed by atoms with Gasteiger partial charge >= 0.3 is 0 Å². The number of sulfone groups is 1. The lowest BCUT2D eigenvalue weighted by molar-refractivity contribution is -0.120. The van der Waals surface area contributed by atoms with E-state index in [2.05, 4.69) is 10.3 Å². The van der Waals surface area contributed by atoms with E-state index < -0.39 is 9.84 Å². The van der Waals surface area contributed by atoms with E-state index in [9.17, 15) is 13.2 Å². The topological polar surface area (TPSA) is 75.6 Å². The van der Waals surface area contributed by atoms with Gasteiger partial charge in [-0.1, -0.05) is 11.8 Å². The first-order valence-corrected chi connectivity index (χ1v) is 8.53. The minimum absolute atomic E-state index is 0.0394. The van der Waals surface area contributed by atoms with Crippen molar-refractivity contribution in [2.24, 2.45) is 10.9 Å². The van der Waals surface area contributed by atoms with E-state index >= 15 is 0 Å². The Morgan fingerprint density at radius 3 is 2.71 bits per heavy atom. The molecular formula is C10H16N2O3S2. The third-order valence-corrected chi connectivity index (χ3v) is 5.59. The van der Waals surface area contributed by atoms with Gasteiger partial charge in [-0.2, -0.15) is 0 Å².